The van der Waals surface area contributed by atoms with Crippen molar-refractivity contribution in [3.63, 3.8) is 0 Å². The smallest absolute Gasteiger partial charge is 0.312 e. The summed E-state index contributed by atoms with van der Waals surface area (Å²) in [5, 5.41) is 0. The second kappa shape index (κ2) is 5.77. The lowest BCUT2D eigenvalue weighted by atomic mass is 9.65. The molecule has 2 heteroatoms. The molecule has 2 rings (SSSR count). The summed E-state index contributed by atoms with van der Waals surface area (Å²) >= 11 is 0. The normalized spacial score (nSPS) is 17.1. The highest BCUT2D eigenvalue weighted by Gasteiger charge is 2.45. The van der Waals surface area contributed by atoms with Crippen molar-refractivity contribution < 1.29 is 9.53 Å². The van der Waals surface area contributed by atoms with Gasteiger partial charge in [-0.2, -0.15) is 0 Å². The van der Waals surface area contributed by atoms with E-state index in [9.17, 15) is 4.79 Å². The van der Waals surface area contributed by atoms with E-state index >= 15 is 0 Å². The third-order valence-electron chi connectivity index (χ3n) is 4.14. The average molecular weight is 260 g/mol. The first-order valence-electron chi connectivity index (χ1n) is 7.22. The van der Waals surface area contributed by atoms with Gasteiger partial charge in [0.25, 0.3) is 0 Å². The molecule has 0 radical (unpaired) electrons. The van der Waals surface area contributed by atoms with Crippen LogP contribution in [0.3, 0.4) is 0 Å². The van der Waals surface area contributed by atoms with E-state index in [0.29, 0.717) is 5.92 Å². The third-order valence-corrected chi connectivity index (χ3v) is 4.14. The van der Waals surface area contributed by atoms with Crippen molar-refractivity contribution in [2.45, 2.75) is 46.0 Å². The summed E-state index contributed by atoms with van der Waals surface area (Å²) in [7, 11) is 1.49. The molecule has 0 saturated heterocycles. The van der Waals surface area contributed by atoms with Crippen molar-refractivity contribution >= 4 is 5.97 Å². The van der Waals surface area contributed by atoms with Gasteiger partial charge in [-0.25, -0.2) is 0 Å². The topological polar surface area (TPSA) is 26.3 Å². The minimum absolute atomic E-state index is 0.0370. The first kappa shape index (κ1) is 14.1. The standard InChI is InChI=1S/C17H24O2/c1-13(2)11-14-5-7-15(8-6-14)12-17(9-4-10-17)16(18)19-3/h5-8,13H,4,9-12H2,1-3H3. The average Bonchev–Trinajstić information content (AvgIpc) is 2.34. The van der Waals surface area contributed by atoms with Crippen LogP contribution in [0.4, 0.5) is 0 Å². The van der Waals surface area contributed by atoms with Gasteiger partial charge >= 0.3 is 5.97 Å². The van der Waals surface area contributed by atoms with Crippen LogP contribution in [-0.2, 0) is 22.4 Å². The maximum absolute atomic E-state index is 11.9. The molecule has 1 aliphatic carbocycles. The Morgan fingerprint density at radius 2 is 1.79 bits per heavy atom. The Bertz CT molecular complexity index is 427. The van der Waals surface area contributed by atoms with Gasteiger partial charge in [-0.05, 0) is 42.7 Å². The number of methoxy groups -OCH3 is 1. The summed E-state index contributed by atoms with van der Waals surface area (Å²) in [4.78, 5) is 11.9. The third kappa shape index (κ3) is 3.17. The molecule has 0 bridgehead atoms. The van der Waals surface area contributed by atoms with Crippen LogP contribution < -0.4 is 0 Å². The van der Waals surface area contributed by atoms with Crippen LogP contribution in [0.5, 0.6) is 0 Å². The van der Waals surface area contributed by atoms with Crippen LogP contribution in [0.2, 0.25) is 0 Å². The molecule has 1 aromatic carbocycles. The second-order valence-corrected chi connectivity index (χ2v) is 6.22. The van der Waals surface area contributed by atoms with Crippen molar-refractivity contribution in [1.29, 1.82) is 0 Å². The first-order valence-corrected chi connectivity index (χ1v) is 7.22. The van der Waals surface area contributed by atoms with Gasteiger partial charge in [0.2, 0.25) is 0 Å². The van der Waals surface area contributed by atoms with E-state index in [1.807, 2.05) is 0 Å². The fourth-order valence-corrected chi connectivity index (χ4v) is 2.93. The quantitative estimate of drug-likeness (QED) is 0.753. The monoisotopic (exact) mass is 260 g/mol. The lowest BCUT2D eigenvalue weighted by Crippen LogP contribution is -2.40. The van der Waals surface area contributed by atoms with Gasteiger partial charge in [0.15, 0.2) is 0 Å². The maximum atomic E-state index is 11.9. The van der Waals surface area contributed by atoms with Crippen molar-refractivity contribution in [3.05, 3.63) is 35.4 Å². The van der Waals surface area contributed by atoms with E-state index in [2.05, 4.69) is 38.1 Å². The van der Waals surface area contributed by atoms with E-state index in [1.165, 1.54) is 18.2 Å². The molecule has 104 valence electrons. The van der Waals surface area contributed by atoms with E-state index in [0.717, 1.165) is 32.1 Å². The van der Waals surface area contributed by atoms with Gasteiger partial charge in [-0.1, -0.05) is 44.5 Å². The van der Waals surface area contributed by atoms with Crippen LogP contribution in [0.15, 0.2) is 24.3 Å². The van der Waals surface area contributed by atoms with Crippen molar-refractivity contribution in [3.8, 4) is 0 Å². The number of carbonyl (C=O) groups is 1. The molecule has 0 aromatic heterocycles. The van der Waals surface area contributed by atoms with Gasteiger partial charge in [0.05, 0.1) is 12.5 Å². The largest absolute Gasteiger partial charge is 0.469 e. The number of esters is 1. The maximum Gasteiger partial charge on any atom is 0.312 e. The molecule has 1 fully saturated rings. The fraction of sp³-hybridized carbons (Fsp3) is 0.588. The Kier molecular flexibility index (Phi) is 4.28. The fourth-order valence-electron chi connectivity index (χ4n) is 2.93. The van der Waals surface area contributed by atoms with Gasteiger partial charge in [-0.15, -0.1) is 0 Å². The zero-order chi connectivity index (χ0) is 13.9. The van der Waals surface area contributed by atoms with Gasteiger partial charge in [0, 0.05) is 0 Å². The number of ether oxygens (including phenoxy) is 1. The van der Waals surface area contributed by atoms with Crippen molar-refractivity contribution in [2.75, 3.05) is 7.11 Å². The summed E-state index contributed by atoms with van der Waals surface area (Å²) in [6, 6.07) is 8.72. The molecule has 0 unspecified atom stereocenters. The van der Waals surface area contributed by atoms with E-state index in [1.54, 1.807) is 0 Å². The molecule has 0 amide bonds. The van der Waals surface area contributed by atoms with Crippen LogP contribution >= 0.6 is 0 Å². The Balaban J connectivity index is 2.04. The number of rotatable bonds is 5. The summed E-state index contributed by atoms with van der Waals surface area (Å²) in [6.07, 6.45) is 5.01. The van der Waals surface area contributed by atoms with Crippen LogP contribution in [-0.4, -0.2) is 13.1 Å². The Labute approximate surface area is 116 Å². The van der Waals surface area contributed by atoms with Crippen LogP contribution in [0, 0.1) is 11.3 Å². The van der Waals surface area contributed by atoms with E-state index < -0.39 is 0 Å². The molecular weight excluding hydrogens is 236 g/mol. The Morgan fingerprint density at radius 1 is 1.21 bits per heavy atom. The number of hydrogen-bond donors (Lipinski definition) is 0. The van der Waals surface area contributed by atoms with E-state index in [4.69, 9.17) is 4.74 Å². The molecule has 1 aromatic rings. The predicted molar refractivity (Wildman–Crippen MR) is 77.0 cm³/mol. The minimum atomic E-state index is -0.242. The first-order chi connectivity index (χ1) is 9.05. The SMILES string of the molecule is COC(=O)C1(Cc2ccc(CC(C)C)cc2)CCC1. The predicted octanol–water partition coefficient (Wildman–Crippen LogP) is 3.77. The van der Waals surface area contributed by atoms with Gasteiger partial charge < -0.3 is 4.74 Å². The summed E-state index contributed by atoms with van der Waals surface area (Å²) < 4.78 is 4.97. The zero-order valence-electron chi connectivity index (χ0n) is 12.2. The van der Waals surface area contributed by atoms with E-state index in [-0.39, 0.29) is 11.4 Å². The highest BCUT2D eigenvalue weighted by Crippen LogP contribution is 2.44. The zero-order valence-corrected chi connectivity index (χ0v) is 12.2. The molecule has 0 N–H and O–H groups in total. The highest BCUT2D eigenvalue weighted by atomic mass is 16.5. The Morgan fingerprint density at radius 3 is 2.21 bits per heavy atom. The number of benzene rings is 1. The highest BCUT2D eigenvalue weighted by molar-refractivity contribution is 5.78. The molecule has 0 aliphatic heterocycles. The Hall–Kier alpha value is -1.31. The van der Waals surface area contributed by atoms with Gasteiger partial charge in [-0.3, -0.25) is 4.79 Å². The summed E-state index contributed by atoms with van der Waals surface area (Å²) in [5.74, 6) is 0.643. The van der Waals surface area contributed by atoms with Gasteiger partial charge in [0.1, 0.15) is 0 Å². The second-order valence-electron chi connectivity index (χ2n) is 6.22. The molecule has 0 atom stereocenters. The van der Waals surface area contributed by atoms with Crippen molar-refractivity contribution in [1.82, 2.24) is 0 Å². The van der Waals surface area contributed by atoms with Crippen LogP contribution in [0.25, 0.3) is 0 Å². The molecule has 1 aliphatic rings. The molecule has 1 saturated carbocycles. The van der Waals surface area contributed by atoms with Crippen LogP contribution in [0.1, 0.15) is 44.2 Å². The lowest BCUT2D eigenvalue weighted by molar-refractivity contribution is -0.158. The summed E-state index contributed by atoms with van der Waals surface area (Å²) in [5.41, 5.74) is 2.38. The summed E-state index contributed by atoms with van der Waals surface area (Å²) in [6.45, 7) is 4.46. The molecular formula is C17H24O2. The minimum Gasteiger partial charge on any atom is -0.469 e. The molecule has 0 spiro atoms. The van der Waals surface area contributed by atoms with Crippen molar-refractivity contribution in [2.24, 2.45) is 11.3 Å². The molecule has 19 heavy (non-hydrogen) atoms. The number of hydrogen-bond acceptors (Lipinski definition) is 2. The molecule has 0 heterocycles. The number of carbonyl (C=O) groups excluding carboxylic acids is 1. The lowest BCUT2D eigenvalue weighted by Gasteiger charge is -2.39. The molecule has 2 nitrogen and oxygen atoms in total.